The van der Waals surface area contributed by atoms with E-state index in [1.807, 2.05) is 13.8 Å². The van der Waals surface area contributed by atoms with Crippen LogP contribution in [0, 0.1) is 62.1 Å². The van der Waals surface area contributed by atoms with Crippen molar-refractivity contribution in [2.24, 2.45) is 62.1 Å². The summed E-state index contributed by atoms with van der Waals surface area (Å²) >= 11 is 0. The Hall–Kier alpha value is -1.40. The van der Waals surface area contributed by atoms with Crippen molar-refractivity contribution in [2.75, 3.05) is 20.4 Å². The third-order valence-corrected chi connectivity index (χ3v) is 15.8. The molecule has 5 aliphatic carbocycles. The van der Waals surface area contributed by atoms with Crippen LogP contribution in [0.2, 0.25) is 0 Å². The summed E-state index contributed by atoms with van der Waals surface area (Å²) in [5.41, 5.74) is 1.93. The molecule has 0 spiro atoms. The number of hydrogen-bond acceptors (Lipinski definition) is 5. The molecule has 5 aliphatic rings. The molecule has 0 aromatic rings. The zero-order valence-corrected chi connectivity index (χ0v) is 30.9. The maximum Gasteiger partial charge on any atom is 0.306 e. The summed E-state index contributed by atoms with van der Waals surface area (Å²) in [6.45, 7) is 25.0. The second-order valence-electron chi connectivity index (χ2n) is 19.0. The first-order valence-corrected chi connectivity index (χ1v) is 18.6. The summed E-state index contributed by atoms with van der Waals surface area (Å²) in [4.78, 5) is 24.5. The van der Waals surface area contributed by atoms with Crippen LogP contribution < -0.4 is 5.32 Å². The van der Waals surface area contributed by atoms with Crippen LogP contribution >= 0.6 is 0 Å². The summed E-state index contributed by atoms with van der Waals surface area (Å²) in [6, 6.07) is 0. The predicted octanol–water partition coefficient (Wildman–Crippen LogP) is 9.03. The largest absolute Gasteiger partial charge is 0.481 e. The number of methoxy groups -OCH3 is 1. The third kappa shape index (κ3) is 5.81. The van der Waals surface area contributed by atoms with Crippen LogP contribution in [-0.2, 0) is 19.1 Å². The van der Waals surface area contributed by atoms with E-state index < -0.39 is 11.4 Å². The molecular weight excluding hydrogens is 574 g/mol. The van der Waals surface area contributed by atoms with Crippen LogP contribution in [0.15, 0.2) is 12.2 Å². The summed E-state index contributed by atoms with van der Waals surface area (Å²) in [7, 11) is 1.77. The van der Waals surface area contributed by atoms with Crippen molar-refractivity contribution in [1.29, 1.82) is 0 Å². The van der Waals surface area contributed by atoms with Gasteiger partial charge < -0.3 is 14.6 Å². The van der Waals surface area contributed by atoms with Gasteiger partial charge in [0.15, 0.2) is 0 Å². The minimum absolute atomic E-state index is 0.0311. The molecule has 0 bridgehead atoms. The van der Waals surface area contributed by atoms with Gasteiger partial charge in [0.05, 0.1) is 19.6 Å². The van der Waals surface area contributed by atoms with Crippen LogP contribution in [-0.4, -0.2) is 43.5 Å². The average Bonchev–Trinajstić information content (AvgIpc) is 3.32. The standard InChI is InChI=1S/C40H67NO5/c1-26(2)27-13-18-40(21-22-41-25-45-10)20-19-38(8)28(34(27)40)11-12-30-37(7)16-15-31(36(5,6)29(37)14-17-39(30,38)9)46-33(44)24-35(3,4)23-32(42)43/h27-31,34,41H,1,11-25H2,2-10H3,(H,42,43)/t27-,28+,29-,30+,31-,34+,37-,38+,39+,40+/m0/s1. The Bertz CT molecular complexity index is 1180. The van der Waals surface area contributed by atoms with Gasteiger partial charge >= 0.3 is 11.9 Å². The molecule has 5 fully saturated rings. The van der Waals surface area contributed by atoms with Gasteiger partial charge in [-0.2, -0.15) is 0 Å². The quantitative estimate of drug-likeness (QED) is 0.101. The highest BCUT2D eigenvalue weighted by molar-refractivity contribution is 5.73. The molecule has 0 amide bonds. The topological polar surface area (TPSA) is 84.9 Å². The van der Waals surface area contributed by atoms with Crippen molar-refractivity contribution < 1.29 is 24.2 Å². The highest BCUT2D eigenvalue weighted by atomic mass is 16.5. The highest BCUT2D eigenvalue weighted by Crippen LogP contribution is 2.78. The molecule has 0 aromatic heterocycles. The van der Waals surface area contributed by atoms with Gasteiger partial charge in [0.25, 0.3) is 0 Å². The van der Waals surface area contributed by atoms with Crippen molar-refractivity contribution in [1.82, 2.24) is 5.32 Å². The molecule has 0 unspecified atom stereocenters. The van der Waals surface area contributed by atoms with Crippen LogP contribution in [0.25, 0.3) is 0 Å². The Morgan fingerprint density at radius 2 is 1.61 bits per heavy atom. The lowest BCUT2D eigenvalue weighted by Gasteiger charge is -2.73. The predicted molar refractivity (Wildman–Crippen MR) is 184 cm³/mol. The van der Waals surface area contributed by atoms with Gasteiger partial charge in [0.1, 0.15) is 6.10 Å². The molecule has 262 valence electrons. The van der Waals surface area contributed by atoms with Crippen molar-refractivity contribution in [3.05, 3.63) is 12.2 Å². The smallest absolute Gasteiger partial charge is 0.306 e. The number of aliphatic carboxylic acids is 1. The maximum atomic E-state index is 13.2. The van der Waals surface area contributed by atoms with E-state index >= 15 is 0 Å². The molecule has 5 saturated carbocycles. The second-order valence-corrected chi connectivity index (χ2v) is 19.0. The lowest BCUT2D eigenvalue weighted by molar-refractivity contribution is -0.250. The summed E-state index contributed by atoms with van der Waals surface area (Å²) in [5.74, 6) is 2.18. The number of nitrogens with one attached hydrogen (secondary N) is 1. The van der Waals surface area contributed by atoms with Crippen molar-refractivity contribution in [3.8, 4) is 0 Å². The first-order chi connectivity index (χ1) is 21.4. The number of rotatable bonds is 11. The van der Waals surface area contributed by atoms with Crippen molar-refractivity contribution >= 4 is 11.9 Å². The Kier molecular flexibility index (Phi) is 9.74. The fourth-order valence-electron chi connectivity index (χ4n) is 13.5. The summed E-state index contributed by atoms with van der Waals surface area (Å²) in [5, 5.41) is 12.9. The zero-order valence-electron chi connectivity index (χ0n) is 30.9. The number of carboxylic acids is 1. The van der Waals surface area contributed by atoms with Gasteiger partial charge in [0.2, 0.25) is 0 Å². The summed E-state index contributed by atoms with van der Waals surface area (Å²) < 4.78 is 11.6. The molecule has 0 aromatic carbocycles. The van der Waals surface area contributed by atoms with Crippen molar-refractivity contribution in [2.45, 2.75) is 145 Å². The lowest BCUT2D eigenvalue weighted by atomic mass is 9.32. The third-order valence-electron chi connectivity index (χ3n) is 15.8. The van der Waals surface area contributed by atoms with E-state index in [1.165, 1.54) is 63.4 Å². The van der Waals surface area contributed by atoms with E-state index in [4.69, 9.17) is 9.47 Å². The molecule has 10 atom stereocenters. The van der Waals surface area contributed by atoms with E-state index in [-0.39, 0.29) is 35.7 Å². The number of carbonyl (C=O) groups is 2. The van der Waals surface area contributed by atoms with Crippen molar-refractivity contribution in [3.63, 3.8) is 0 Å². The number of fused-ring (bicyclic) bond motifs is 7. The van der Waals surface area contributed by atoms with E-state index in [1.54, 1.807) is 7.11 Å². The first kappa shape index (κ1) is 35.9. The van der Waals surface area contributed by atoms with Crippen LogP contribution in [0.1, 0.15) is 139 Å². The van der Waals surface area contributed by atoms with Gasteiger partial charge in [-0.3, -0.25) is 14.9 Å². The zero-order chi connectivity index (χ0) is 33.9. The maximum absolute atomic E-state index is 13.2. The molecule has 6 nitrogen and oxygen atoms in total. The molecule has 0 aliphatic heterocycles. The summed E-state index contributed by atoms with van der Waals surface area (Å²) in [6.07, 6.45) is 13.7. The molecule has 5 rings (SSSR count). The van der Waals surface area contributed by atoms with E-state index in [0.29, 0.717) is 40.7 Å². The number of ether oxygens (including phenoxy) is 2. The van der Waals surface area contributed by atoms with E-state index in [0.717, 1.165) is 31.2 Å². The van der Waals surface area contributed by atoms with Gasteiger partial charge in [-0.05, 0) is 141 Å². The molecule has 46 heavy (non-hydrogen) atoms. The first-order valence-electron chi connectivity index (χ1n) is 18.6. The Morgan fingerprint density at radius 1 is 0.891 bits per heavy atom. The number of allylic oxidation sites excluding steroid dienone is 1. The SMILES string of the molecule is C=C(C)[C@@H]1CC[C@]2(CCNCOC)CC[C@]3(C)[C@H](CC[C@@H]4[C@@]5(C)CC[C@H](OC(=O)CC(C)(C)CC(=O)O)C(C)(C)[C@@H]5CC[C@]43C)[C@@H]12. The monoisotopic (exact) mass is 642 g/mol. The Labute approximate surface area is 280 Å². The van der Waals surface area contributed by atoms with Crippen LogP contribution in [0.3, 0.4) is 0 Å². The minimum atomic E-state index is -0.869. The lowest BCUT2D eigenvalue weighted by Crippen LogP contribution is -2.66. The van der Waals surface area contributed by atoms with Gasteiger partial charge in [-0.15, -0.1) is 0 Å². The second kappa shape index (κ2) is 12.5. The highest BCUT2D eigenvalue weighted by Gasteiger charge is 2.71. The molecule has 0 heterocycles. The molecule has 6 heteroatoms. The van der Waals surface area contributed by atoms with Gasteiger partial charge in [0, 0.05) is 12.5 Å². The Balaban J connectivity index is 1.37. The Morgan fingerprint density at radius 3 is 2.26 bits per heavy atom. The van der Waals surface area contributed by atoms with E-state index in [2.05, 4.69) is 53.4 Å². The fourth-order valence-corrected chi connectivity index (χ4v) is 13.5. The number of carbonyl (C=O) groups excluding carboxylic acids is 1. The van der Waals surface area contributed by atoms with E-state index in [9.17, 15) is 14.7 Å². The molecule has 2 N–H and O–H groups in total. The number of carboxylic acid groups (broad SMARTS) is 1. The number of esters is 1. The molecule has 0 saturated heterocycles. The fraction of sp³-hybridized carbons (Fsp3) is 0.900. The average molecular weight is 642 g/mol. The molecule has 0 radical (unpaired) electrons. The van der Waals surface area contributed by atoms with Gasteiger partial charge in [-0.25, -0.2) is 0 Å². The van der Waals surface area contributed by atoms with Crippen LogP contribution in [0.5, 0.6) is 0 Å². The molecular formula is C40H67NO5. The minimum Gasteiger partial charge on any atom is -0.481 e. The number of hydrogen-bond donors (Lipinski definition) is 2. The normalized spacial score (nSPS) is 43.1. The van der Waals surface area contributed by atoms with Crippen LogP contribution in [0.4, 0.5) is 0 Å². The van der Waals surface area contributed by atoms with Gasteiger partial charge in [-0.1, -0.05) is 60.6 Å².